The van der Waals surface area contributed by atoms with Crippen molar-refractivity contribution in [3.8, 4) is 11.4 Å². The largest absolute Gasteiger partial charge is 0.359 e. The highest BCUT2D eigenvalue weighted by atomic mass is 16.2. The summed E-state index contributed by atoms with van der Waals surface area (Å²) in [7, 11) is 1.70. The zero-order valence-electron chi connectivity index (χ0n) is 19.7. The second-order valence-electron chi connectivity index (χ2n) is 8.77. The van der Waals surface area contributed by atoms with Gasteiger partial charge in [-0.15, -0.1) is 10.2 Å². The number of hydrogen-bond donors (Lipinski definition) is 2. The molecule has 4 rings (SSSR count). The lowest BCUT2D eigenvalue weighted by Crippen LogP contribution is -2.39. The monoisotopic (exact) mass is 461 g/mol. The molecule has 2 N–H and O–H groups in total. The Balaban J connectivity index is 1.26. The number of aryl methyl sites for hydroxylation is 1. The van der Waals surface area contributed by atoms with Crippen molar-refractivity contribution in [2.45, 2.75) is 39.4 Å². The van der Waals surface area contributed by atoms with Crippen LogP contribution in [0.25, 0.3) is 11.4 Å². The molecule has 9 heteroatoms. The molecule has 2 aromatic carbocycles. The fraction of sp³-hybridized carbons (Fsp3) is 0.400. The van der Waals surface area contributed by atoms with Gasteiger partial charge in [0.25, 0.3) is 0 Å². The Bertz CT molecular complexity index is 1100. The van der Waals surface area contributed by atoms with Crippen molar-refractivity contribution in [3.63, 3.8) is 0 Å². The van der Waals surface area contributed by atoms with E-state index in [1.807, 2.05) is 43.3 Å². The summed E-state index contributed by atoms with van der Waals surface area (Å²) in [4.78, 5) is 27.7. The Kier molecular flexibility index (Phi) is 7.64. The highest BCUT2D eigenvalue weighted by Gasteiger charge is 2.24. The number of hydrogen-bond acceptors (Lipinski definition) is 6. The van der Waals surface area contributed by atoms with E-state index in [4.69, 9.17) is 0 Å². The van der Waals surface area contributed by atoms with Crippen LogP contribution in [0.2, 0.25) is 0 Å². The van der Waals surface area contributed by atoms with Gasteiger partial charge in [-0.25, -0.2) is 0 Å². The number of nitrogens with one attached hydrogen (secondary N) is 2. The molecule has 1 aromatic heterocycles. The summed E-state index contributed by atoms with van der Waals surface area (Å²) in [5.41, 5.74) is 4.28. The molecular weight excluding hydrogens is 430 g/mol. The van der Waals surface area contributed by atoms with Crippen LogP contribution in [0.5, 0.6) is 0 Å². The van der Waals surface area contributed by atoms with Gasteiger partial charge in [-0.2, -0.15) is 4.80 Å². The van der Waals surface area contributed by atoms with Crippen molar-refractivity contribution < 1.29 is 9.59 Å². The summed E-state index contributed by atoms with van der Waals surface area (Å²) in [5.74, 6) is 0.597. The first-order chi connectivity index (χ1) is 16.5. The Morgan fingerprint density at radius 3 is 2.35 bits per heavy atom. The highest BCUT2D eigenvalue weighted by Crippen LogP contribution is 2.20. The van der Waals surface area contributed by atoms with E-state index in [2.05, 4.69) is 43.1 Å². The van der Waals surface area contributed by atoms with Crippen LogP contribution < -0.4 is 10.6 Å². The van der Waals surface area contributed by atoms with Crippen LogP contribution in [0.15, 0.2) is 48.5 Å². The van der Waals surface area contributed by atoms with Gasteiger partial charge in [0.05, 0.1) is 0 Å². The van der Waals surface area contributed by atoms with Crippen LogP contribution in [-0.4, -0.2) is 57.1 Å². The maximum atomic E-state index is 12.2. The summed E-state index contributed by atoms with van der Waals surface area (Å²) in [6, 6.07) is 16.1. The first kappa shape index (κ1) is 23.6. The van der Waals surface area contributed by atoms with Gasteiger partial charge in [0.1, 0.15) is 6.54 Å². The smallest absolute Gasteiger partial charge is 0.243 e. The first-order valence-electron chi connectivity index (χ1n) is 11.6. The molecule has 0 saturated carbocycles. The molecule has 9 nitrogen and oxygen atoms in total. The van der Waals surface area contributed by atoms with Crippen LogP contribution in [0, 0.1) is 12.8 Å². The van der Waals surface area contributed by atoms with Crippen LogP contribution in [0.1, 0.15) is 29.5 Å². The van der Waals surface area contributed by atoms with E-state index in [1.165, 1.54) is 15.9 Å². The second kappa shape index (κ2) is 11.0. The quantitative estimate of drug-likeness (QED) is 0.531. The zero-order chi connectivity index (χ0) is 23.9. The van der Waals surface area contributed by atoms with Crippen molar-refractivity contribution in [2.75, 3.05) is 20.1 Å². The molecule has 1 fully saturated rings. The zero-order valence-corrected chi connectivity index (χ0v) is 19.7. The van der Waals surface area contributed by atoms with Gasteiger partial charge in [-0.1, -0.05) is 54.1 Å². The van der Waals surface area contributed by atoms with Crippen molar-refractivity contribution in [3.05, 3.63) is 65.2 Å². The summed E-state index contributed by atoms with van der Waals surface area (Å²) < 4.78 is 0. The Hall–Kier alpha value is -3.59. The number of nitrogens with zero attached hydrogens (tertiary/aromatic N) is 5. The van der Waals surface area contributed by atoms with E-state index in [9.17, 15) is 9.59 Å². The first-order valence-corrected chi connectivity index (χ1v) is 11.6. The van der Waals surface area contributed by atoms with Gasteiger partial charge in [-0.3, -0.25) is 14.5 Å². The number of carbonyl (C=O) groups excluding carboxylic acids is 2. The Morgan fingerprint density at radius 2 is 1.68 bits per heavy atom. The number of piperidine rings is 1. The van der Waals surface area contributed by atoms with Crippen LogP contribution in [0.4, 0.5) is 0 Å². The molecule has 0 radical (unpaired) electrons. The predicted molar refractivity (Wildman–Crippen MR) is 128 cm³/mol. The van der Waals surface area contributed by atoms with Crippen LogP contribution >= 0.6 is 0 Å². The molecule has 34 heavy (non-hydrogen) atoms. The number of rotatable bonds is 8. The molecule has 2 amide bonds. The fourth-order valence-electron chi connectivity index (χ4n) is 4.09. The number of amides is 2. The minimum Gasteiger partial charge on any atom is -0.359 e. The second-order valence-corrected chi connectivity index (χ2v) is 8.77. The highest BCUT2D eigenvalue weighted by molar-refractivity contribution is 5.78. The lowest BCUT2D eigenvalue weighted by Gasteiger charge is -2.31. The standard InChI is InChI=1S/C25H31N7O2/c1-18-3-5-19(6-4-18)15-27-23(33)17-32-29-24(28-30-32)21-9-7-20(8-10-21)16-31-13-11-22(12-14-31)25(34)26-2/h3-10,22H,11-17H2,1-2H3,(H,26,34)(H,27,33). The third-order valence-corrected chi connectivity index (χ3v) is 6.17. The van der Waals surface area contributed by atoms with E-state index >= 15 is 0 Å². The van der Waals surface area contributed by atoms with Gasteiger partial charge < -0.3 is 10.6 Å². The molecule has 178 valence electrons. The Morgan fingerprint density at radius 1 is 1.00 bits per heavy atom. The van der Waals surface area contributed by atoms with E-state index < -0.39 is 0 Å². The number of likely N-dealkylation sites (tertiary alicyclic amines) is 1. The van der Waals surface area contributed by atoms with Gasteiger partial charge >= 0.3 is 0 Å². The predicted octanol–water partition coefficient (Wildman–Crippen LogP) is 1.92. The normalized spacial score (nSPS) is 14.6. The minimum absolute atomic E-state index is 0.0168. The average Bonchev–Trinajstić information content (AvgIpc) is 3.32. The molecule has 0 atom stereocenters. The summed E-state index contributed by atoms with van der Waals surface area (Å²) in [6.45, 7) is 5.20. The lowest BCUT2D eigenvalue weighted by molar-refractivity contribution is -0.126. The van der Waals surface area contributed by atoms with Crippen LogP contribution in [-0.2, 0) is 29.2 Å². The van der Waals surface area contributed by atoms with Gasteiger partial charge in [0.2, 0.25) is 17.6 Å². The fourth-order valence-corrected chi connectivity index (χ4v) is 4.09. The molecular formula is C25H31N7O2. The molecule has 1 aliphatic heterocycles. The summed E-state index contributed by atoms with van der Waals surface area (Å²) in [5, 5.41) is 18.1. The van der Waals surface area contributed by atoms with E-state index in [0.717, 1.165) is 43.6 Å². The molecule has 3 aromatic rings. The molecule has 2 heterocycles. The van der Waals surface area contributed by atoms with Crippen molar-refractivity contribution in [1.82, 2.24) is 35.7 Å². The van der Waals surface area contributed by atoms with Gasteiger partial charge in [0, 0.05) is 31.6 Å². The molecule has 1 aliphatic rings. The number of tetrazole rings is 1. The average molecular weight is 462 g/mol. The molecule has 0 spiro atoms. The van der Waals surface area contributed by atoms with Gasteiger partial charge in [-0.05, 0) is 49.2 Å². The minimum atomic E-state index is -0.167. The topological polar surface area (TPSA) is 105 Å². The third kappa shape index (κ3) is 6.26. The van der Waals surface area contributed by atoms with E-state index in [-0.39, 0.29) is 24.3 Å². The Labute approximate surface area is 199 Å². The number of aromatic nitrogens is 4. The number of carbonyl (C=O) groups is 2. The maximum absolute atomic E-state index is 12.2. The van der Waals surface area contributed by atoms with Crippen molar-refractivity contribution in [2.24, 2.45) is 5.92 Å². The van der Waals surface area contributed by atoms with Crippen molar-refractivity contribution in [1.29, 1.82) is 0 Å². The summed E-state index contributed by atoms with van der Waals surface area (Å²) >= 11 is 0. The molecule has 1 saturated heterocycles. The van der Waals surface area contributed by atoms with Gasteiger partial charge in [0.15, 0.2) is 0 Å². The SMILES string of the molecule is CNC(=O)C1CCN(Cc2ccc(-c3nnn(CC(=O)NCc4ccc(C)cc4)n3)cc2)CC1. The molecule has 0 bridgehead atoms. The summed E-state index contributed by atoms with van der Waals surface area (Å²) in [6.07, 6.45) is 1.78. The van der Waals surface area contributed by atoms with E-state index in [0.29, 0.717) is 12.4 Å². The lowest BCUT2D eigenvalue weighted by atomic mass is 9.95. The maximum Gasteiger partial charge on any atom is 0.243 e. The molecule has 0 unspecified atom stereocenters. The van der Waals surface area contributed by atoms with Crippen molar-refractivity contribution >= 4 is 11.8 Å². The van der Waals surface area contributed by atoms with Crippen LogP contribution in [0.3, 0.4) is 0 Å². The number of benzene rings is 2. The third-order valence-electron chi connectivity index (χ3n) is 6.17. The van der Waals surface area contributed by atoms with E-state index in [1.54, 1.807) is 7.05 Å². The molecule has 0 aliphatic carbocycles.